The van der Waals surface area contributed by atoms with Gasteiger partial charge in [0.15, 0.2) is 0 Å². The highest BCUT2D eigenvalue weighted by molar-refractivity contribution is 5.68. The predicted octanol–water partition coefficient (Wildman–Crippen LogP) is 4.62. The van der Waals surface area contributed by atoms with E-state index < -0.39 is 5.60 Å². The maximum Gasteiger partial charge on any atom is 0.410 e. The van der Waals surface area contributed by atoms with Gasteiger partial charge in [-0.25, -0.2) is 4.79 Å². The molecule has 2 rings (SSSR count). The standard InChI is InChI=1S/C20H31NO3/c1-19(2,3)16-9-7-8-10-17(16)23-14-15-11-12-21(13-15)18(22)24-20(4,5)6/h7-10,15H,11-14H2,1-6H3. The predicted molar refractivity (Wildman–Crippen MR) is 96.6 cm³/mol. The first-order valence-electron chi connectivity index (χ1n) is 8.76. The van der Waals surface area contributed by atoms with Crippen molar-refractivity contribution in [2.45, 2.75) is 59.0 Å². The second kappa shape index (κ2) is 7.04. The Bertz CT molecular complexity index is 569. The van der Waals surface area contributed by atoms with Crippen molar-refractivity contribution >= 4 is 6.09 Å². The van der Waals surface area contributed by atoms with Gasteiger partial charge in [0, 0.05) is 19.0 Å². The molecule has 1 saturated heterocycles. The zero-order valence-corrected chi connectivity index (χ0v) is 15.9. The number of likely N-dealkylation sites (tertiary alicyclic amines) is 1. The second-order valence-electron chi connectivity index (χ2n) is 8.64. The molecule has 24 heavy (non-hydrogen) atoms. The topological polar surface area (TPSA) is 38.8 Å². The summed E-state index contributed by atoms with van der Waals surface area (Å²) in [6.07, 6.45) is 0.733. The Hall–Kier alpha value is -1.71. The fraction of sp³-hybridized carbons (Fsp3) is 0.650. The van der Waals surface area contributed by atoms with Crippen LogP contribution in [0.4, 0.5) is 4.79 Å². The average Bonchev–Trinajstić information content (AvgIpc) is 2.91. The molecule has 1 aliphatic rings. The van der Waals surface area contributed by atoms with E-state index in [4.69, 9.17) is 9.47 Å². The van der Waals surface area contributed by atoms with Crippen LogP contribution in [0, 0.1) is 5.92 Å². The van der Waals surface area contributed by atoms with Gasteiger partial charge in [-0.1, -0.05) is 39.0 Å². The van der Waals surface area contributed by atoms with Gasteiger partial charge in [0.1, 0.15) is 11.4 Å². The summed E-state index contributed by atoms with van der Waals surface area (Å²) in [5.41, 5.74) is 0.818. The van der Waals surface area contributed by atoms with Gasteiger partial charge in [0.05, 0.1) is 6.61 Å². The van der Waals surface area contributed by atoms with Crippen LogP contribution < -0.4 is 4.74 Å². The highest BCUT2D eigenvalue weighted by atomic mass is 16.6. The Labute approximate surface area is 146 Å². The Morgan fingerprint density at radius 2 is 1.83 bits per heavy atom. The second-order valence-corrected chi connectivity index (χ2v) is 8.64. The number of ether oxygens (including phenoxy) is 2. The first-order chi connectivity index (χ1) is 11.1. The summed E-state index contributed by atoms with van der Waals surface area (Å²) in [4.78, 5) is 13.9. The molecule has 0 bridgehead atoms. The largest absolute Gasteiger partial charge is 0.493 e. The molecular formula is C20H31NO3. The van der Waals surface area contributed by atoms with E-state index in [9.17, 15) is 4.79 Å². The third-order valence-electron chi connectivity index (χ3n) is 4.11. The van der Waals surface area contributed by atoms with Crippen LogP contribution in [-0.2, 0) is 10.2 Å². The molecule has 1 aromatic carbocycles. The van der Waals surface area contributed by atoms with Gasteiger partial charge in [0.25, 0.3) is 0 Å². The lowest BCUT2D eigenvalue weighted by Crippen LogP contribution is -2.35. The van der Waals surface area contributed by atoms with Gasteiger partial charge < -0.3 is 14.4 Å². The van der Waals surface area contributed by atoms with Crippen molar-refractivity contribution in [1.82, 2.24) is 4.90 Å². The molecule has 1 aliphatic heterocycles. The lowest BCUT2D eigenvalue weighted by molar-refractivity contribution is 0.0284. The molecule has 1 fully saturated rings. The van der Waals surface area contributed by atoms with Gasteiger partial charge in [-0.3, -0.25) is 0 Å². The van der Waals surface area contributed by atoms with Crippen LogP contribution in [0.25, 0.3) is 0 Å². The quantitative estimate of drug-likeness (QED) is 0.810. The molecule has 0 aliphatic carbocycles. The van der Waals surface area contributed by atoms with Crippen molar-refractivity contribution in [3.63, 3.8) is 0 Å². The van der Waals surface area contributed by atoms with Crippen LogP contribution in [0.2, 0.25) is 0 Å². The number of nitrogens with zero attached hydrogens (tertiary/aromatic N) is 1. The molecule has 0 N–H and O–H groups in total. The first-order valence-corrected chi connectivity index (χ1v) is 8.76. The smallest absolute Gasteiger partial charge is 0.410 e. The minimum Gasteiger partial charge on any atom is -0.493 e. The Morgan fingerprint density at radius 1 is 1.17 bits per heavy atom. The van der Waals surface area contributed by atoms with Crippen molar-refractivity contribution in [3.05, 3.63) is 29.8 Å². The number of carbonyl (C=O) groups is 1. The van der Waals surface area contributed by atoms with Crippen LogP contribution >= 0.6 is 0 Å². The summed E-state index contributed by atoms with van der Waals surface area (Å²) in [6.45, 7) is 14.3. The SMILES string of the molecule is CC(C)(C)OC(=O)N1CCC(COc2ccccc2C(C)(C)C)C1. The van der Waals surface area contributed by atoms with E-state index in [1.807, 2.05) is 39.0 Å². The van der Waals surface area contributed by atoms with E-state index in [0.717, 1.165) is 18.7 Å². The van der Waals surface area contributed by atoms with Gasteiger partial charge in [-0.05, 0) is 44.2 Å². The molecule has 4 heteroatoms. The van der Waals surface area contributed by atoms with E-state index in [-0.39, 0.29) is 11.5 Å². The van der Waals surface area contributed by atoms with Gasteiger partial charge in [0.2, 0.25) is 0 Å². The number of amides is 1. The summed E-state index contributed by atoms with van der Waals surface area (Å²) >= 11 is 0. The molecule has 1 unspecified atom stereocenters. The molecule has 1 atom stereocenters. The highest BCUT2D eigenvalue weighted by Crippen LogP contribution is 2.31. The van der Waals surface area contributed by atoms with Crippen LogP contribution in [0.5, 0.6) is 5.75 Å². The van der Waals surface area contributed by atoms with Crippen LogP contribution in [0.3, 0.4) is 0 Å². The van der Waals surface area contributed by atoms with E-state index in [0.29, 0.717) is 19.1 Å². The van der Waals surface area contributed by atoms with E-state index in [2.05, 4.69) is 26.8 Å². The maximum absolute atomic E-state index is 12.1. The molecule has 1 aromatic rings. The lowest BCUT2D eigenvalue weighted by atomic mass is 9.86. The summed E-state index contributed by atoms with van der Waals surface area (Å²) in [5.74, 6) is 1.30. The van der Waals surface area contributed by atoms with Crippen molar-refractivity contribution in [2.24, 2.45) is 5.92 Å². The molecule has 0 radical (unpaired) electrons. The zero-order valence-electron chi connectivity index (χ0n) is 15.9. The van der Waals surface area contributed by atoms with Crippen LogP contribution in [-0.4, -0.2) is 36.3 Å². The van der Waals surface area contributed by atoms with E-state index in [1.54, 1.807) is 4.90 Å². The van der Waals surface area contributed by atoms with Crippen LogP contribution in [0.15, 0.2) is 24.3 Å². The monoisotopic (exact) mass is 333 g/mol. The number of rotatable bonds is 3. The molecule has 1 heterocycles. The van der Waals surface area contributed by atoms with Crippen molar-refractivity contribution in [1.29, 1.82) is 0 Å². The molecular weight excluding hydrogens is 302 g/mol. The number of hydrogen-bond acceptors (Lipinski definition) is 3. The zero-order chi connectivity index (χ0) is 18.0. The Balaban J connectivity index is 1.90. The minimum atomic E-state index is -0.447. The first kappa shape index (κ1) is 18.6. The molecule has 0 aromatic heterocycles. The van der Waals surface area contributed by atoms with Crippen molar-refractivity contribution < 1.29 is 14.3 Å². The number of carbonyl (C=O) groups excluding carboxylic acids is 1. The number of para-hydroxylation sites is 1. The third kappa shape index (κ3) is 5.15. The molecule has 134 valence electrons. The molecule has 0 spiro atoms. The van der Waals surface area contributed by atoms with Gasteiger partial charge in [-0.2, -0.15) is 0 Å². The molecule has 1 amide bonds. The molecule has 4 nitrogen and oxygen atoms in total. The normalized spacial score (nSPS) is 18.6. The van der Waals surface area contributed by atoms with Crippen LogP contribution in [0.1, 0.15) is 53.5 Å². The summed E-state index contributed by atoms with van der Waals surface area (Å²) in [7, 11) is 0. The van der Waals surface area contributed by atoms with Crippen molar-refractivity contribution in [3.8, 4) is 5.75 Å². The van der Waals surface area contributed by atoms with Gasteiger partial charge in [-0.15, -0.1) is 0 Å². The van der Waals surface area contributed by atoms with E-state index in [1.165, 1.54) is 5.56 Å². The summed E-state index contributed by atoms with van der Waals surface area (Å²) in [5, 5.41) is 0. The number of benzene rings is 1. The fourth-order valence-electron chi connectivity index (χ4n) is 2.88. The Morgan fingerprint density at radius 3 is 2.46 bits per heavy atom. The lowest BCUT2D eigenvalue weighted by Gasteiger charge is -2.25. The van der Waals surface area contributed by atoms with E-state index >= 15 is 0 Å². The number of hydrogen-bond donors (Lipinski definition) is 0. The van der Waals surface area contributed by atoms with Gasteiger partial charge >= 0.3 is 6.09 Å². The van der Waals surface area contributed by atoms with Crippen molar-refractivity contribution in [2.75, 3.05) is 19.7 Å². The average molecular weight is 333 g/mol. The third-order valence-corrected chi connectivity index (χ3v) is 4.11. The highest BCUT2D eigenvalue weighted by Gasteiger charge is 2.30. The summed E-state index contributed by atoms with van der Waals surface area (Å²) in [6, 6.07) is 8.21. The molecule has 0 saturated carbocycles. The minimum absolute atomic E-state index is 0.0504. The Kier molecular flexibility index (Phi) is 5.46. The summed E-state index contributed by atoms with van der Waals surface area (Å²) < 4.78 is 11.5. The fourth-order valence-corrected chi connectivity index (χ4v) is 2.88. The maximum atomic E-state index is 12.1.